The quantitative estimate of drug-likeness (QED) is 0.719. The normalized spacial score (nSPS) is 11.8. The van der Waals surface area contributed by atoms with E-state index in [0.717, 1.165) is 12.1 Å². The fourth-order valence-corrected chi connectivity index (χ4v) is 1.60. The largest absolute Gasteiger partial charge is 0.399 e. The van der Waals surface area contributed by atoms with E-state index in [-0.39, 0.29) is 0 Å². The molecule has 0 spiro atoms. The van der Waals surface area contributed by atoms with Crippen LogP contribution in [-0.4, -0.2) is 0 Å². The summed E-state index contributed by atoms with van der Waals surface area (Å²) in [7, 11) is 0. The predicted molar refractivity (Wildman–Crippen MR) is 64.2 cm³/mol. The van der Waals surface area contributed by atoms with E-state index in [0.29, 0.717) is 0 Å². The third-order valence-corrected chi connectivity index (χ3v) is 2.41. The summed E-state index contributed by atoms with van der Waals surface area (Å²) < 4.78 is 0. The van der Waals surface area contributed by atoms with E-state index >= 15 is 0 Å². The maximum Gasteiger partial charge on any atom is 0.0317 e. The zero-order valence-electron chi connectivity index (χ0n) is 9.30. The van der Waals surface area contributed by atoms with Crippen LogP contribution in [0.1, 0.15) is 37.8 Å². The standard InChI is InChI=1S/C13H19N/c1-4-5-6-10(2)13-8-7-12(14)9-11(13)3/h6-9H,4-5,14H2,1-3H3/b10-6-. The zero-order valence-corrected chi connectivity index (χ0v) is 9.30. The van der Waals surface area contributed by atoms with Crippen LogP contribution in [-0.2, 0) is 0 Å². The molecule has 0 aliphatic heterocycles. The number of rotatable bonds is 3. The first kappa shape index (κ1) is 10.8. The molecule has 0 aromatic heterocycles. The lowest BCUT2D eigenvalue weighted by molar-refractivity contribution is 0.959. The van der Waals surface area contributed by atoms with Gasteiger partial charge in [-0.05, 0) is 49.1 Å². The molecule has 1 aromatic carbocycles. The summed E-state index contributed by atoms with van der Waals surface area (Å²) in [5.74, 6) is 0. The van der Waals surface area contributed by atoms with E-state index in [9.17, 15) is 0 Å². The number of allylic oxidation sites excluding steroid dienone is 2. The van der Waals surface area contributed by atoms with E-state index in [1.807, 2.05) is 12.1 Å². The molecular formula is C13H19N. The third-order valence-electron chi connectivity index (χ3n) is 2.41. The average molecular weight is 189 g/mol. The molecule has 1 rings (SSSR count). The van der Waals surface area contributed by atoms with Crippen LogP contribution in [0.3, 0.4) is 0 Å². The smallest absolute Gasteiger partial charge is 0.0317 e. The van der Waals surface area contributed by atoms with Crippen LogP contribution >= 0.6 is 0 Å². The van der Waals surface area contributed by atoms with Gasteiger partial charge in [0.05, 0.1) is 0 Å². The maximum atomic E-state index is 5.71. The molecule has 1 aromatic rings. The third kappa shape index (κ3) is 2.63. The van der Waals surface area contributed by atoms with Gasteiger partial charge >= 0.3 is 0 Å². The predicted octanol–water partition coefficient (Wildman–Crippen LogP) is 3.78. The summed E-state index contributed by atoms with van der Waals surface area (Å²) >= 11 is 0. The Morgan fingerprint density at radius 1 is 1.43 bits per heavy atom. The van der Waals surface area contributed by atoms with Gasteiger partial charge in [0.15, 0.2) is 0 Å². The Labute approximate surface area is 86.6 Å². The van der Waals surface area contributed by atoms with Gasteiger partial charge in [-0.3, -0.25) is 0 Å². The van der Waals surface area contributed by atoms with E-state index in [2.05, 4.69) is 32.9 Å². The molecule has 0 aliphatic rings. The highest BCUT2D eigenvalue weighted by Gasteiger charge is 1.99. The molecule has 1 nitrogen and oxygen atoms in total. The molecular weight excluding hydrogens is 170 g/mol. The van der Waals surface area contributed by atoms with Gasteiger partial charge < -0.3 is 5.73 Å². The summed E-state index contributed by atoms with van der Waals surface area (Å²) in [6, 6.07) is 6.09. The number of unbranched alkanes of at least 4 members (excludes halogenated alkanes) is 1. The number of hydrogen-bond donors (Lipinski definition) is 1. The van der Waals surface area contributed by atoms with Gasteiger partial charge in [0, 0.05) is 5.69 Å². The van der Waals surface area contributed by atoms with Gasteiger partial charge in [0.2, 0.25) is 0 Å². The summed E-state index contributed by atoms with van der Waals surface area (Å²) in [6.07, 6.45) is 4.64. The number of anilines is 1. The molecule has 0 unspecified atom stereocenters. The minimum absolute atomic E-state index is 0.842. The van der Waals surface area contributed by atoms with Gasteiger partial charge in [0.1, 0.15) is 0 Å². The zero-order chi connectivity index (χ0) is 10.6. The van der Waals surface area contributed by atoms with Gasteiger partial charge in [-0.1, -0.05) is 25.5 Å². The molecule has 0 atom stereocenters. The van der Waals surface area contributed by atoms with E-state index in [4.69, 9.17) is 5.73 Å². The Bertz CT molecular complexity index is 337. The Kier molecular flexibility index (Phi) is 3.75. The Balaban J connectivity index is 2.95. The van der Waals surface area contributed by atoms with Gasteiger partial charge in [0.25, 0.3) is 0 Å². The number of nitrogens with two attached hydrogens (primary N) is 1. The lowest BCUT2D eigenvalue weighted by atomic mass is 10.0. The van der Waals surface area contributed by atoms with Crippen molar-refractivity contribution in [3.63, 3.8) is 0 Å². The molecule has 14 heavy (non-hydrogen) atoms. The molecule has 0 fully saturated rings. The first-order valence-electron chi connectivity index (χ1n) is 5.18. The lowest BCUT2D eigenvalue weighted by Gasteiger charge is -2.07. The lowest BCUT2D eigenvalue weighted by Crippen LogP contribution is -1.90. The molecule has 2 N–H and O–H groups in total. The Morgan fingerprint density at radius 3 is 2.71 bits per heavy atom. The summed E-state index contributed by atoms with van der Waals surface area (Å²) in [5.41, 5.74) is 10.5. The van der Waals surface area contributed by atoms with Crippen molar-refractivity contribution in [2.45, 2.75) is 33.6 Å². The van der Waals surface area contributed by atoms with Crippen molar-refractivity contribution in [2.24, 2.45) is 0 Å². The second kappa shape index (κ2) is 4.85. The molecule has 0 saturated heterocycles. The van der Waals surface area contributed by atoms with E-state index in [1.54, 1.807) is 0 Å². The summed E-state index contributed by atoms with van der Waals surface area (Å²) in [5, 5.41) is 0. The highest BCUT2D eigenvalue weighted by molar-refractivity contribution is 5.68. The molecule has 0 heterocycles. The Morgan fingerprint density at radius 2 is 2.14 bits per heavy atom. The van der Waals surface area contributed by atoms with Crippen LogP contribution in [0.5, 0.6) is 0 Å². The first-order valence-corrected chi connectivity index (χ1v) is 5.18. The van der Waals surface area contributed by atoms with Crippen molar-refractivity contribution in [1.82, 2.24) is 0 Å². The fourth-order valence-electron chi connectivity index (χ4n) is 1.60. The second-order valence-corrected chi connectivity index (χ2v) is 3.75. The van der Waals surface area contributed by atoms with Crippen LogP contribution < -0.4 is 5.73 Å². The monoisotopic (exact) mass is 189 g/mol. The average Bonchev–Trinajstić information content (AvgIpc) is 2.14. The number of hydrogen-bond acceptors (Lipinski definition) is 1. The summed E-state index contributed by atoms with van der Waals surface area (Å²) in [4.78, 5) is 0. The number of aryl methyl sites for hydroxylation is 1. The molecule has 0 aliphatic carbocycles. The van der Waals surface area contributed by atoms with Crippen molar-refractivity contribution in [3.05, 3.63) is 35.4 Å². The van der Waals surface area contributed by atoms with Crippen molar-refractivity contribution in [1.29, 1.82) is 0 Å². The topological polar surface area (TPSA) is 26.0 Å². The highest BCUT2D eigenvalue weighted by atomic mass is 14.5. The number of nitrogen functional groups attached to an aromatic ring is 1. The first-order chi connectivity index (χ1) is 6.65. The minimum atomic E-state index is 0.842. The van der Waals surface area contributed by atoms with Crippen LogP contribution in [0.2, 0.25) is 0 Å². The van der Waals surface area contributed by atoms with Gasteiger partial charge in [-0.25, -0.2) is 0 Å². The second-order valence-electron chi connectivity index (χ2n) is 3.75. The van der Waals surface area contributed by atoms with Crippen molar-refractivity contribution < 1.29 is 0 Å². The van der Waals surface area contributed by atoms with Crippen molar-refractivity contribution in [2.75, 3.05) is 5.73 Å². The maximum absolute atomic E-state index is 5.71. The molecule has 1 heteroatoms. The van der Waals surface area contributed by atoms with Crippen LogP contribution in [0.15, 0.2) is 24.3 Å². The molecule has 0 amide bonds. The summed E-state index contributed by atoms with van der Waals surface area (Å²) in [6.45, 7) is 6.46. The van der Waals surface area contributed by atoms with Gasteiger partial charge in [-0.2, -0.15) is 0 Å². The van der Waals surface area contributed by atoms with Crippen molar-refractivity contribution >= 4 is 11.3 Å². The van der Waals surface area contributed by atoms with Crippen LogP contribution in [0, 0.1) is 6.92 Å². The SMILES string of the molecule is CCC/C=C(/C)c1ccc(N)cc1C. The van der Waals surface area contributed by atoms with Crippen LogP contribution in [0.4, 0.5) is 5.69 Å². The van der Waals surface area contributed by atoms with Gasteiger partial charge in [-0.15, -0.1) is 0 Å². The fraction of sp³-hybridized carbons (Fsp3) is 0.385. The molecule has 0 saturated carbocycles. The molecule has 0 bridgehead atoms. The molecule has 76 valence electrons. The Hall–Kier alpha value is -1.24. The molecule has 0 radical (unpaired) electrons. The minimum Gasteiger partial charge on any atom is -0.399 e. The van der Waals surface area contributed by atoms with Crippen molar-refractivity contribution in [3.8, 4) is 0 Å². The van der Waals surface area contributed by atoms with Crippen LogP contribution in [0.25, 0.3) is 5.57 Å². The van der Waals surface area contributed by atoms with E-state index in [1.165, 1.54) is 23.1 Å². The van der Waals surface area contributed by atoms with E-state index < -0.39 is 0 Å². The number of benzene rings is 1. The highest BCUT2D eigenvalue weighted by Crippen LogP contribution is 2.21.